The number of aliphatic hydroxyl groups excluding tert-OH is 2. The molecule has 0 fully saturated rings. The third-order valence-electron chi connectivity index (χ3n) is 4.23. The van der Waals surface area contributed by atoms with Crippen LogP contribution in [0.15, 0.2) is 46.9 Å². The van der Waals surface area contributed by atoms with Crippen LogP contribution in [-0.4, -0.2) is 29.2 Å². The molecule has 2 N–H and O–H groups in total. The summed E-state index contributed by atoms with van der Waals surface area (Å²) in [5.41, 5.74) is 2.49. The highest BCUT2D eigenvalue weighted by molar-refractivity contribution is 9.10. The number of aliphatic hydroxyl groups is 2. The van der Waals surface area contributed by atoms with Gasteiger partial charge in [0.1, 0.15) is 5.82 Å². The summed E-state index contributed by atoms with van der Waals surface area (Å²) in [6.07, 6.45) is 0.624. The summed E-state index contributed by atoms with van der Waals surface area (Å²) in [4.78, 5) is 2.06. The molecule has 0 amide bonds. The van der Waals surface area contributed by atoms with Gasteiger partial charge < -0.3 is 15.1 Å². The van der Waals surface area contributed by atoms with Gasteiger partial charge in [-0.1, -0.05) is 34.1 Å². The second kappa shape index (κ2) is 8.72. The van der Waals surface area contributed by atoms with Crippen LogP contribution in [0, 0.1) is 5.82 Å². The minimum atomic E-state index is -0.650. The fraction of sp³-hybridized carbons (Fsp3) is 0.368. The van der Waals surface area contributed by atoms with Crippen molar-refractivity contribution in [1.82, 2.24) is 4.90 Å². The molecule has 24 heavy (non-hydrogen) atoms. The van der Waals surface area contributed by atoms with Gasteiger partial charge in [-0.2, -0.15) is 0 Å². The molecular weight excluding hydrogens is 373 g/mol. The topological polar surface area (TPSA) is 43.7 Å². The molecule has 2 rings (SSSR count). The molecule has 0 aliphatic rings. The average molecular weight is 396 g/mol. The molecule has 0 aliphatic heterocycles. The average Bonchev–Trinajstić information content (AvgIpc) is 2.56. The number of nitrogens with zero attached hydrogens (tertiary/aromatic N) is 1. The predicted octanol–water partition coefficient (Wildman–Crippen LogP) is 4.20. The SMILES string of the molecule is CN(C)C(CCC(O)c1ccc(Br)cc1CO)c1ccc(F)cc1. The molecule has 3 nitrogen and oxygen atoms in total. The third kappa shape index (κ3) is 4.86. The Bertz CT molecular complexity index is 661. The second-order valence-electron chi connectivity index (χ2n) is 6.13. The van der Waals surface area contributed by atoms with Gasteiger partial charge in [0, 0.05) is 10.5 Å². The van der Waals surface area contributed by atoms with Crippen molar-refractivity contribution in [3.8, 4) is 0 Å². The third-order valence-corrected chi connectivity index (χ3v) is 4.72. The lowest BCUT2D eigenvalue weighted by molar-refractivity contribution is 0.144. The van der Waals surface area contributed by atoms with Crippen LogP contribution < -0.4 is 0 Å². The molecule has 2 unspecified atom stereocenters. The van der Waals surface area contributed by atoms with Crippen LogP contribution in [0.1, 0.15) is 41.7 Å². The first-order chi connectivity index (χ1) is 11.4. The molecule has 0 aromatic heterocycles. The maximum absolute atomic E-state index is 13.1. The molecule has 0 saturated heterocycles. The summed E-state index contributed by atoms with van der Waals surface area (Å²) in [5, 5.41) is 20.0. The van der Waals surface area contributed by atoms with E-state index >= 15 is 0 Å². The fourth-order valence-corrected chi connectivity index (χ4v) is 3.32. The maximum atomic E-state index is 13.1. The Labute approximate surface area is 150 Å². The predicted molar refractivity (Wildman–Crippen MR) is 97.1 cm³/mol. The lowest BCUT2D eigenvalue weighted by atomic mass is 9.94. The summed E-state index contributed by atoms with van der Waals surface area (Å²) >= 11 is 3.37. The first-order valence-electron chi connectivity index (χ1n) is 7.91. The van der Waals surface area contributed by atoms with Gasteiger partial charge in [0.25, 0.3) is 0 Å². The summed E-state index contributed by atoms with van der Waals surface area (Å²) in [6.45, 7) is -0.110. The van der Waals surface area contributed by atoms with Gasteiger partial charge in [0.2, 0.25) is 0 Å². The Balaban J connectivity index is 2.10. The van der Waals surface area contributed by atoms with E-state index in [1.54, 1.807) is 12.1 Å². The van der Waals surface area contributed by atoms with Crippen LogP contribution in [0.4, 0.5) is 4.39 Å². The Morgan fingerprint density at radius 1 is 1.08 bits per heavy atom. The zero-order valence-corrected chi connectivity index (χ0v) is 15.5. The van der Waals surface area contributed by atoms with Gasteiger partial charge in [-0.05, 0) is 67.9 Å². The van der Waals surface area contributed by atoms with Gasteiger partial charge in [-0.3, -0.25) is 0 Å². The highest BCUT2D eigenvalue weighted by Gasteiger charge is 2.18. The van der Waals surface area contributed by atoms with Crippen molar-refractivity contribution in [3.63, 3.8) is 0 Å². The quantitative estimate of drug-likeness (QED) is 0.738. The fourth-order valence-electron chi connectivity index (χ4n) is 2.92. The smallest absolute Gasteiger partial charge is 0.123 e. The van der Waals surface area contributed by atoms with Gasteiger partial charge in [-0.25, -0.2) is 4.39 Å². The molecule has 5 heteroatoms. The van der Waals surface area contributed by atoms with Crippen molar-refractivity contribution >= 4 is 15.9 Å². The molecule has 130 valence electrons. The summed E-state index contributed by atoms with van der Waals surface area (Å²) in [7, 11) is 3.94. The molecule has 2 atom stereocenters. The second-order valence-corrected chi connectivity index (χ2v) is 7.04. The first-order valence-corrected chi connectivity index (χ1v) is 8.70. The normalized spacial score (nSPS) is 14.0. The largest absolute Gasteiger partial charge is 0.392 e. The molecule has 0 bridgehead atoms. The van der Waals surface area contributed by atoms with E-state index in [0.717, 1.165) is 27.6 Å². The zero-order valence-electron chi connectivity index (χ0n) is 13.9. The van der Waals surface area contributed by atoms with Crippen molar-refractivity contribution in [2.45, 2.75) is 31.6 Å². The maximum Gasteiger partial charge on any atom is 0.123 e. The number of rotatable bonds is 7. The van der Waals surface area contributed by atoms with E-state index in [-0.39, 0.29) is 18.5 Å². The van der Waals surface area contributed by atoms with E-state index in [1.165, 1.54) is 12.1 Å². The van der Waals surface area contributed by atoms with E-state index in [0.29, 0.717) is 6.42 Å². The molecule has 0 aliphatic carbocycles. The van der Waals surface area contributed by atoms with Crippen LogP contribution in [0.5, 0.6) is 0 Å². The molecular formula is C19H23BrFNO2. The number of benzene rings is 2. The summed E-state index contributed by atoms with van der Waals surface area (Å²) in [5.74, 6) is -0.251. The molecule has 0 spiro atoms. The number of halogens is 2. The number of hydrogen-bond donors (Lipinski definition) is 2. The van der Waals surface area contributed by atoms with E-state index in [4.69, 9.17) is 0 Å². The number of hydrogen-bond acceptors (Lipinski definition) is 3. The first kappa shape index (κ1) is 19.1. The van der Waals surface area contributed by atoms with Crippen molar-refractivity contribution in [1.29, 1.82) is 0 Å². The van der Waals surface area contributed by atoms with Crippen molar-refractivity contribution < 1.29 is 14.6 Å². The van der Waals surface area contributed by atoms with Gasteiger partial charge >= 0.3 is 0 Å². The van der Waals surface area contributed by atoms with E-state index in [1.807, 2.05) is 32.3 Å². The zero-order chi connectivity index (χ0) is 17.7. The van der Waals surface area contributed by atoms with Crippen LogP contribution >= 0.6 is 15.9 Å². The van der Waals surface area contributed by atoms with Gasteiger partial charge in [-0.15, -0.1) is 0 Å². The van der Waals surface area contributed by atoms with E-state index < -0.39 is 6.10 Å². The lowest BCUT2D eigenvalue weighted by Crippen LogP contribution is -2.20. The van der Waals surface area contributed by atoms with E-state index in [9.17, 15) is 14.6 Å². The van der Waals surface area contributed by atoms with Gasteiger partial charge in [0.15, 0.2) is 0 Å². The molecule has 2 aromatic rings. The molecule has 0 saturated carbocycles. The lowest BCUT2D eigenvalue weighted by Gasteiger charge is -2.26. The highest BCUT2D eigenvalue weighted by Crippen LogP contribution is 2.30. The van der Waals surface area contributed by atoms with Crippen LogP contribution in [0.2, 0.25) is 0 Å². The standard InChI is InChI=1S/C19H23BrFNO2/c1-22(2)18(13-3-6-16(21)7-4-13)9-10-19(24)17-8-5-15(20)11-14(17)12-23/h3-8,11,18-19,23-24H,9-10,12H2,1-2H3. The minimum Gasteiger partial charge on any atom is -0.392 e. The molecule has 0 radical (unpaired) electrons. The van der Waals surface area contributed by atoms with Crippen molar-refractivity contribution in [2.75, 3.05) is 14.1 Å². The minimum absolute atomic E-state index is 0.0910. The Kier molecular flexibility index (Phi) is 6.92. The Hall–Kier alpha value is -1.27. The van der Waals surface area contributed by atoms with Gasteiger partial charge in [0.05, 0.1) is 12.7 Å². The summed E-state index contributed by atoms with van der Waals surface area (Å²) in [6, 6.07) is 12.1. The van der Waals surface area contributed by atoms with Crippen LogP contribution in [0.3, 0.4) is 0 Å². The molecule has 2 aromatic carbocycles. The Morgan fingerprint density at radius 2 is 1.75 bits per heavy atom. The summed E-state index contributed by atoms with van der Waals surface area (Å²) < 4.78 is 14.0. The van der Waals surface area contributed by atoms with Crippen LogP contribution in [0.25, 0.3) is 0 Å². The van der Waals surface area contributed by atoms with Crippen molar-refractivity contribution in [2.24, 2.45) is 0 Å². The molecule has 0 heterocycles. The highest BCUT2D eigenvalue weighted by atomic mass is 79.9. The van der Waals surface area contributed by atoms with Crippen molar-refractivity contribution in [3.05, 3.63) is 69.4 Å². The van der Waals surface area contributed by atoms with E-state index in [2.05, 4.69) is 20.8 Å². The van der Waals surface area contributed by atoms with Crippen LogP contribution in [-0.2, 0) is 6.61 Å². The Morgan fingerprint density at radius 3 is 2.33 bits per heavy atom. The monoisotopic (exact) mass is 395 g/mol.